The Bertz CT molecular complexity index is 834. The molecule has 2 atom stereocenters. The van der Waals surface area contributed by atoms with Crippen LogP contribution in [-0.4, -0.2) is 32.2 Å². The topological polar surface area (TPSA) is 113 Å². The SMILES string of the molecule is CP(=O)(O)ON[C@@H](Cc1ccc(-c2ccccc2)cc1)c1nnn[nH]1. The number of benzene rings is 2. The zero-order valence-electron chi connectivity index (χ0n) is 13.5. The minimum atomic E-state index is -3.67. The fourth-order valence-corrected chi connectivity index (χ4v) is 2.69. The van der Waals surface area contributed by atoms with Crippen molar-refractivity contribution in [2.75, 3.05) is 6.66 Å². The molecular formula is C16H18N5O3P. The number of nitrogens with zero attached hydrogens (tertiary/aromatic N) is 3. The Morgan fingerprint density at radius 3 is 2.44 bits per heavy atom. The van der Waals surface area contributed by atoms with Crippen molar-refractivity contribution < 1.29 is 14.1 Å². The van der Waals surface area contributed by atoms with Gasteiger partial charge in [-0.3, -0.25) is 4.57 Å². The second-order valence-corrected chi connectivity index (χ2v) is 7.41. The summed E-state index contributed by atoms with van der Waals surface area (Å²) in [4.78, 5) is 9.30. The molecule has 0 amide bonds. The molecule has 0 aliphatic rings. The van der Waals surface area contributed by atoms with E-state index in [1.54, 1.807) is 0 Å². The number of hydrogen-bond donors (Lipinski definition) is 3. The van der Waals surface area contributed by atoms with Crippen LogP contribution in [0.1, 0.15) is 17.4 Å². The molecule has 9 heteroatoms. The molecule has 0 aliphatic heterocycles. The van der Waals surface area contributed by atoms with Crippen molar-refractivity contribution in [2.45, 2.75) is 12.5 Å². The van der Waals surface area contributed by atoms with Gasteiger partial charge in [-0.2, -0.15) is 5.48 Å². The number of hydroxylamine groups is 1. The fraction of sp³-hybridized carbons (Fsp3) is 0.188. The summed E-state index contributed by atoms with van der Waals surface area (Å²) in [6.45, 7) is 1.10. The number of aromatic amines is 1. The summed E-state index contributed by atoms with van der Waals surface area (Å²) in [7, 11) is -3.67. The van der Waals surface area contributed by atoms with Crippen LogP contribution < -0.4 is 5.48 Å². The Labute approximate surface area is 144 Å². The summed E-state index contributed by atoms with van der Waals surface area (Å²) in [5.41, 5.74) is 5.82. The zero-order valence-corrected chi connectivity index (χ0v) is 14.4. The van der Waals surface area contributed by atoms with Gasteiger partial charge in [0.05, 0.1) is 6.04 Å². The van der Waals surface area contributed by atoms with Crippen LogP contribution in [0.15, 0.2) is 54.6 Å². The molecule has 1 unspecified atom stereocenters. The molecule has 3 aromatic rings. The molecule has 0 fully saturated rings. The van der Waals surface area contributed by atoms with Gasteiger partial charge in [0.1, 0.15) is 0 Å². The molecule has 1 heterocycles. The first-order chi connectivity index (χ1) is 12.0. The molecule has 0 aliphatic carbocycles. The molecule has 130 valence electrons. The fourth-order valence-electron chi connectivity index (χ4n) is 2.37. The lowest BCUT2D eigenvalue weighted by molar-refractivity contribution is 0.131. The number of nitrogens with one attached hydrogen (secondary N) is 2. The van der Waals surface area contributed by atoms with E-state index in [0.717, 1.165) is 23.4 Å². The van der Waals surface area contributed by atoms with Gasteiger partial charge in [-0.1, -0.05) is 54.6 Å². The van der Waals surface area contributed by atoms with Gasteiger partial charge in [0.2, 0.25) is 0 Å². The average molecular weight is 359 g/mol. The molecule has 3 rings (SSSR count). The molecule has 0 radical (unpaired) electrons. The third kappa shape index (κ3) is 5.04. The molecule has 1 aromatic heterocycles. The zero-order chi connectivity index (χ0) is 17.7. The summed E-state index contributed by atoms with van der Waals surface area (Å²) < 4.78 is 16.2. The Balaban J connectivity index is 1.74. The van der Waals surface area contributed by atoms with Crippen LogP contribution in [0.25, 0.3) is 11.1 Å². The highest BCUT2D eigenvalue weighted by Gasteiger charge is 2.20. The van der Waals surface area contributed by atoms with Crippen molar-refractivity contribution in [3.05, 3.63) is 66.0 Å². The lowest BCUT2D eigenvalue weighted by atomic mass is 10.0. The number of H-pyrrole nitrogens is 1. The summed E-state index contributed by atoms with van der Waals surface area (Å²) in [6, 6.07) is 17.6. The molecule has 0 saturated carbocycles. The second kappa shape index (κ2) is 7.67. The van der Waals surface area contributed by atoms with Crippen LogP contribution in [0.3, 0.4) is 0 Å². The molecule has 0 saturated heterocycles. The van der Waals surface area contributed by atoms with Crippen LogP contribution in [0, 0.1) is 0 Å². The van der Waals surface area contributed by atoms with Gasteiger partial charge in [0.25, 0.3) is 0 Å². The number of hydrogen-bond acceptors (Lipinski definition) is 6. The third-order valence-corrected chi connectivity index (χ3v) is 4.00. The van der Waals surface area contributed by atoms with Crippen LogP contribution in [-0.2, 0) is 15.6 Å². The van der Waals surface area contributed by atoms with Crippen molar-refractivity contribution >= 4 is 7.60 Å². The minimum absolute atomic E-state index is 0.417. The highest BCUT2D eigenvalue weighted by Crippen LogP contribution is 2.36. The predicted molar refractivity (Wildman–Crippen MR) is 92.5 cm³/mol. The minimum Gasteiger partial charge on any atom is -0.324 e. The lowest BCUT2D eigenvalue weighted by Crippen LogP contribution is -2.24. The molecular weight excluding hydrogens is 341 g/mol. The van der Waals surface area contributed by atoms with Gasteiger partial charge >= 0.3 is 7.60 Å². The summed E-state index contributed by atoms with van der Waals surface area (Å²) in [5, 5.41) is 13.6. The van der Waals surface area contributed by atoms with E-state index in [1.165, 1.54) is 0 Å². The molecule has 8 nitrogen and oxygen atoms in total. The predicted octanol–water partition coefficient (Wildman–Crippen LogP) is 2.49. The Hall–Kier alpha value is -2.38. The number of aromatic nitrogens is 4. The largest absolute Gasteiger partial charge is 0.341 e. The van der Waals surface area contributed by atoms with E-state index >= 15 is 0 Å². The van der Waals surface area contributed by atoms with E-state index in [-0.39, 0.29) is 0 Å². The van der Waals surface area contributed by atoms with Gasteiger partial charge < -0.3 is 4.89 Å². The van der Waals surface area contributed by atoms with Gasteiger partial charge in [-0.25, -0.2) is 9.72 Å². The Morgan fingerprint density at radius 2 is 1.84 bits per heavy atom. The quantitative estimate of drug-likeness (QED) is 0.439. The highest BCUT2D eigenvalue weighted by molar-refractivity contribution is 7.51. The maximum Gasteiger partial charge on any atom is 0.341 e. The molecule has 2 aromatic carbocycles. The van der Waals surface area contributed by atoms with Gasteiger partial charge in [0, 0.05) is 6.66 Å². The first-order valence-corrected chi connectivity index (χ1v) is 9.66. The highest BCUT2D eigenvalue weighted by atomic mass is 31.2. The van der Waals surface area contributed by atoms with E-state index < -0.39 is 13.6 Å². The van der Waals surface area contributed by atoms with Crippen molar-refractivity contribution in [1.29, 1.82) is 0 Å². The monoisotopic (exact) mass is 359 g/mol. The molecule has 3 N–H and O–H groups in total. The van der Waals surface area contributed by atoms with Crippen molar-refractivity contribution in [2.24, 2.45) is 0 Å². The van der Waals surface area contributed by atoms with Gasteiger partial charge in [-0.15, -0.1) is 5.10 Å². The van der Waals surface area contributed by atoms with Gasteiger partial charge in [-0.05, 0) is 33.5 Å². The summed E-state index contributed by atoms with van der Waals surface area (Å²) >= 11 is 0. The van der Waals surface area contributed by atoms with E-state index in [4.69, 9.17) is 4.62 Å². The standard InChI is InChI=1S/C16H18N5O3P/c1-25(22,23)24-19-15(16-17-20-21-18-16)11-12-7-9-14(10-8-12)13-5-3-2-4-6-13/h2-10,15,19H,11H2,1H3,(H,22,23)(H,17,18,20,21)/t15-/m0/s1. The Morgan fingerprint density at radius 1 is 1.16 bits per heavy atom. The van der Waals surface area contributed by atoms with E-state index in [0.29, 0.717) is 12.2 Å². The average Bonchev–Trinajstić information content (AvgIpc) is 3.14. The summed E-state index contributed by atoms with van der Waals surface area (Å²) in [6.07, 6.45) is 0.478. The van der Waals surface area contributed by atoms with E-state index in [9.17, 15) is 9.46 Å². The first-order valence-electron chi connectivity index (χ1n) is 7.63. The molecule has 0 spiro atoms. The van der Waals surface area contributed by atoms with Crippen LogP contribution in [0.2, 0.25) is 0 Å². The first kappa shape index (κ1) is 17.4. The number of rotatable bonds is 7. The van der Waals surface area contributed by atoms with Crippen molar-refractivity contribution in [3.8, 4) is 11.1 Å². The van der Waals surface area contributed by atoms with E-state index in [1.807, 2.05) is 54.6 Å². The van der Waals surface area contributed by atoms with Crippen molar-refractivity contribution in [3.63, 3.8) is 0 Å². The smallest absolute Gasteiger partial charge is 0.324 e. The lowest BCUT2D eigenvalue weighted by Gasteiger charge is -2.17. The molecule has 0 bridgehead atoms. The Kier molecular flexibility index (Phi) is 5.35. The normalized spacial score (nSPS) is 14.8. The van der Waals surface area contributed by atoms with Crippen LogP contribution in [0.4, 0.5) is 0 Å². The van der Waals surface area contributed by atoms with Crippen LogP contribution >= 0.6 is 7.60 Å². The third-order valence-electron chi connectivity index (χ3n) is 3.56. The van der Waals surface area contributed by atoms with Gasteiger partial charge in [0.15, 0.2) is 5.82 Å². The molecule has 25 heavy (non-hydrogen) atoms. The van der Waals surface area contributed by atoms with Crippen molar-refractivity contribution in [1.82, 2.24) is 26.1 Å². The number of tetrazole rings is 1. The van der Waals surface area contributed by atoms with E-state index in [2.05, 4.69) is 26.1 Å². The maximum atomic E-state index is 11.4. The van der Waals surface area contributed by atoms with Crippen LogP contribution in [0.5, 0.6) is 0 Å². The second-order valence-electron chi connectivity index (χ2n) is 5.62. The maximum absolute atomic E-state index is 11.4. The summed E-state index contributed by atoms with van der Waals surface area (Å²) in [5.74, 6) is 0.417.